The maximum atomic E-state index is 12.9. The molecule has 0 spiro atoms. The molecule has 2 amide bonds. The zero-order valence-electron chi connectivity index (χ0n) is 14.9. The van der Waals surface area contributed by atoms with Crippen molar-refractivity contribution < 1.29 is 4.79 Å². The molecule has 4 bridgehead atoms. The normalized spacial score (nSPS) is 37.8. The topological polar surface area (TPSA) is 56.1 Å². The van der Waals surface area contributed by atoms with Crippen LogP contribution in [-0.2, 0) is 0 Å². The first-order valence-electron chi connectivity index (χ1n) is 10.1. The molecule has 5 rings (SSSR count). The molecule has 1 N–H and O–H groups in total. The monoisotopic (exact) mass is 329 g/mol. The molecule has 24 heavy (non-hydrogen) atoms. The zero-order valence-corrected chi connectivity index (χ0v) is 14.9. The SMILES string of the molecule is CC(CC#N)CCN(C(=O)NC1C2CC3CC(C2)CC1C3)C1CC1. The number of urea groups is 1. The van der Waals surface area contributed by atoms with Crippen molar-refractivity contribution in [3.05, 3.63) is 0 Å². The maximum Gasteiger partial charge on any atom is 0.317 e. The lowest BCUT2D eigenvalue weighted by Gasteiger charge is -2.54. The van der Waals surface area contributed by atoms with Gasteiger partial charge in [0.25, 0.3) is 0 Å². The van der Waals surface area contributed by atoms with Gasteiger partial charge in [-0.05, 0) is 81.0 Å². The molecule has 0 aromatic carbocycles. The first kappa shape index (κ1) is 16.2. The standard InChI is InChI=1S/C20H31N3O/c1-13(4-6-21)5-7-23(18-2-3-18)20(24)22-19-16-9-14-8-15(11-16)12-17(19)10-14/h13-19H,2-5,7-12H2,1H3,(H,22,24). The minimum Gasteiger partial charge on any atom is -0.335 e. The summed E-state index contributed by atoms with van der Waals surface area (Å²) in [6, 6.07) is 3.31. The highest BCUT2D eigenvalue weighted by Gasteiger charge is 2.49. The number of nitriles is 1. The third-order valence-electron chi connectivity index (χ3n) is 7.07. The Morgan fingerprint density at radius 1 is 1.17 bits per heavy atom. The molecule has 0 aromatic rings. The fraction of sp³-hybridized carbons (Fsp3) is 0.900. The van der Waals surface area contributed by atoms with Crippen LogP contribution in [0.1, 0.15) is 64.7 Å². The Balaban J connectivity index is 1.34. The van der Waals surface area contributed by atoms with Gasteiger partial charge in [0.1, 0.15) is 0 Å². The summed E-state index contributed by atoms with van der Waals surface area (Å²) in [5.74, 6) is 3.76. The smallest absolute Gasteiger partial charge is 0.317 e. The van der Waals surface area contributed by atoms with E-state index in [0.717, 1.165) is 49.5 Å². The molecular weight excluding hydrogens is 298 g/mol. The zero-order chi connectivity index (χ0) is 16.7. The number of hydrogen-bond donors (Lipinski definition) is 1. The molecule has 5 aliphatic rings. The average molecular weight is 329 g/mol. The highest BCUT2D eigenvalue weighted by Crippen LogP contribution is 2.53. The Labute approximate surface area is 146 Å². The van der Waals surface area contributed by atoms with Crippen molar-refractivity contribution in [1.82, 2.24) is 10.2 Å². The van der Waals surface area contributed by atoms with Crippen LogP contribution in [0.25, 0.3) is 0 Å². The van der Waals surface area contributed by atoms with E-state index >= 15 is 0 Å². The highest BCUT2D eigenvalue weighted by molar-refractivity contribution is 5.75. The van der Waals surface area contributed by atoms with Crippen LogP contribution in [0.4, 0.5) is 4.79 Å². The second kappa shape index (κ2) is 6.58. The average Bonchev–Trinajstić information content (AvgIpc) is 3.35. The van der Waals surface area contributed by atoms with Crippen molar-refractivity contribution in [2.75, 3.05) is 6.54 Å². The Bertz CT molecular complexity index is 493. The van der Waals surface area contributed by atoms with Gasteiger partial charge in [0, 0.05) is 25.0 Å². The predicted molar refractivity (Wildman–Crippen MR) is 93.1 cm³/mol. The number of carbonyl (C=O) groups is 1. The van der Waals surface area contributed by atoms with Crippen LogP contribution >= 0.6 is 0 Å². The summed E-state index contributed by atoms with van der Waals surface area (Å²) in [7, 11) is 0. The van der Waals surface area contributed by atoms with Gasteiger partial charge in [0.2, 0.25) is 0 Å². The van der Waals surface area contributed by atoms with Crippen LogP contribution in [0.15, 0.2) is 0 Å². The molecule has 5 aliphatic carbocycles. The number of rotatable bonds is 6. The van der Waals surface area contributed by atoms with Gasteiger partial charge < -0.3 is 10.2 Å². The number of amides is 2. The lowest BCUT2D eigenvalue weighted by Crippen LogP contribution is -2.58. The molecule has 4 heteroatoms. The van der Waals surface area contributed by atoms with Crippen molar-refractivity contribution in [1.29, 1.82) is 5.26 Å². The minimum absolute atomic E-state index is 0.180. The number of hydrogen-bond acceptors (Lipinski definition) is 2. The first-order chi connectivity index (χ1) is 11.6. The molecule has 0 radical (unpaired) electrons. The third-order valence-corrected chi connectivity index (χ3v) is 7.07. The first-order valence-corrected chi connectivity index (χ1v) is 10.1. The second-order valence-corrected chi connectivity index (χ2v) is 9.09. The molecule has 5 fully saturated rings. The van der Waals surface area contributed by atoms with Gasteiger partial charge in [-0.1, -0.05) is 6.92 Å². The van der Waals surface area contributed by atoms with Crippen molar-refractivity contribution >= 4 is 6.03 Å². The number of nitrogens with zero attached hydrogens (tertiary/aromatic N) is 2. The van der Waals surface area contributed by atoms with Crippen LogP contribution in [0.3, 0.4) is 0 Å². The molecule has 5 saturated carbocycles. The fourth-order valence-corrected chi connectivity index (χ4v) is 5.84. The van der Waals surface area contributed by atoms with Gasteiger partial charge in [-0.3, -0.25) is 0 Å². The molecule has 0 aliphatic heterocycles. The van der Waals surface area contributed by atoms with Gasteiger partial charge in [0.05, 0.1) is 6.07 Å². The van der Waals surface area contributed by atoms with E-state index in [2.05, 4.69) is 23.2 Å². The van der Waals surface area contributed by atoms with Gasteiger partial charge >= 0.3 is 6.03 Å². The van der Waals surface area contributed by atoms with E-state index in [4.69, 9.17) is 5.26 Å². The lowest BCUT2D eigenvalue weighted by molar-refractivity contribution is -0.0111. The molecule has 0 aromatic heterocycles. The summed E-state index contributed by atoms with van der Waals surface area (Å²) in [6.07, 6.45) is 10.7. The summed E-state index contributed by atoms with van der Waals surface area (Å²) in [6.45, 7) is 2.93. The molecule has 4 nitrogen and oxygen atoms in total. The van der Waals surface area contributed by atoms with E-state index in [-0.39, 0.29) is 6.03 Å². The van der Waals surface area contributed by atoms with E-state index in [1.54, 1.807) is 0 Å². The fourth-order valence-electron chi connectivity index (χ4n) is 5.84. The lowest BCUT2D eigenvalue weighted by atomic mass is 9.54. The molecule has 0 heterocycles. The largest absolute Gasteiger partial charge is 0.335 e. The van der Waals surface area contributed by atoms with E-state index in [1.807, 2.05) is 0 Å². The molecule has 0 saturated heterocycles. The highest BCUT2D eigenvalue weighted by atomic mass is 16.2. The molecular formula is C20H31N3O. The number of nitrogens with one attached hydrogen (secondary N) is 1. The third kappa shape index (κ3) is 3.27. The minimum atomic E-state index is 0.180. The van der Waals surface area contributed by atoms with Gasteiger partial charge in [-0.2, -0.15) is 5.26 Å². The Morgan fingerprint density at radius 3 is 2.33 bits per heavy atom. The maximum absolute atomic E-state index is 12.9. The summed E-state index contributed by atoms with van der Waals surface area (Å²) in [5, 5.41) is 12.3. The predicted octanol–water partition coefficient (Wildman–Crippen LogP) is 3.92. The van der Waals surface area contributed by atoms with E-state index in [1.165, 1.54) is 32.1 Å². The van der Waals surface area contributed by atoms with Crippen molar-refractivity contribution in [3.8, 4) is 6.07 Å². The van der Waals surface area contributed by atoms with Gasteiger partial charge in [-0.15, -0.1) is 0 Å². The van der Waals surface area contributed by atoms with E-state index in [0.29, 0.717) is 24.4 Å². The van der Waals surface area contributed by atoms with Gasteiger partial charge in [0.15, 0.2) is 0 Å². The summed E-state index contributed by atoms with van der Waals surface area (Å²) < 4.78 is 0. The Hall–Kier alpha value is -1.24. The van der Waals surface area contributed by atoms with Crippen molar-refractivity contribution in [3.63, 3.8) is 0 Å². The van der Waals surface area contributed by atoms with E-state index < -0.39 is 0 Å². The van der Waals surface area contributed by atoms with Crippen LogP contribution in [0, 0.1) is 40.9 Å². The Kier molecular flexibility index (Phi) is 4.45. The van der Waals surface area contributed by atoms with Crippen LogP contribution in [-0.4, -0.2) is 29.6 Å². The van der Waals surface area contributed by atoms with Crippen LogP contribution in [0.5, 0.6) is 0 Å². The quantitative estimate of drug-likeness (QED) is 0.803. The van der Waals surface area contributed by atoms with Crippen molar-refractivity contribution in [2.24, 2.45) is 29.6 Å². The van der Waals surface area contributed by atoms with Crippen LogP contribution < -0.4 is 5.32 Å². The summed E-state index contributed by atoms with van der Waals surface area (Å²) in [4.78, 5) is 15.0. The summed E-state index contributed by atoms with van der Waals surface area (Å²) >= 11 is 0. The van der Waals surface area contributed by atoms with Crippen LogP contribution in [0.2, 0.25) is 0 Å². The van der Waals surface area contributed by atoms with Gasteiger partial charge in [-0.25, -0.2) is 4.79 Å². The summed E-state index contributed by atoms with van der Waals surface area (Å²) in [5.41, 5.74) is 0. The molecule has 132 valence electrons. The van der Waals surface area contributed by atoms with E-state index in [9.17, 15) is 4.79 Å². The number of carbonyl (C=O) groups excluding carboxylic acids is 1. The Morgan fingerprint density at radius 2 is 1.79 bits per heavy atom. The van der Waals surface area contributed by atoms with Crippen molar-refractivity contribution in [2.45, 2.75) is 76.8 Å². The molecule has 1 unspecified atom stereocenters. The second-order valence-electron chi connectivity index (χ2n) is 9.09. The molecule has 1 atom stereocenters.